The predicted molar refractivity (Wildman–Crippen MR) is 68.7 cm³/mol. The molecule has 1 unspecified atom stereocenters. The van der Waals surface area contributed by atoms with Gasteiger partial charge in [-0.05, 0) is 38.6 Å². The van der Waals surface area contributed by atoms with E-state index in [-0.39, 0.29) is 18.1 Å². The first-order valence-corrected chi connectivity index (χ1v) is 6.56. The standard InChI is InChI=1S/C13H26N2O2/c1-9(2)7-14-13(17)10(3)15(4)8-11-5-12(16)6-11/h9-12,16H,5-8H2,1-4H3,(H,14,17). The van der Waals surface area contributed by atoms with Crippen LogP contribution in [0.5, 0.6) is 0 Å². The third-order valence-corrected chi connectivity index (χ3v) is 3.48. The highest BCUT2D eigenvalue weighted by Gasteiger charge is 2.30. The lowest BCUT2D eigenvalue weighted by atomic mass is 9.82. The van der Waals surface area contributed by atoms with E-state index in [1.165, 1.54) is 0 Å². The highest BCUT2D eigenvalue weighted by molar-refractivity contribution is 5.81. The van der Waals surface area contributed by atoms with Crippen molar-refractivity contribution in [2.24, 2.45) is 11.8 Å². The molecule has 0 bridgehead atoms. The van der Waals surface area contributed by atoms with Gasteiger partial charge in [0.15, 0.2) is 0 Å². The fourth-order valence-electron chi connectivity index (χ4n) is 2.07. The highest BCUT2D eigenvalue weighted by Crippen LogP contribution is 2.27. The van der Waals surface area contributed by atoms with Crippen LogP contribution in [0.3, 0.4) is 0 Å². The van der Waals surface area contributed by atoms with Gasteiger partial charge in [0.25, 0.3) is 0 Å². The molecule has 0 aliphatic heterocycles. The molecule has 1 atom stereocenters. The molecular weight excluding hydrogens is 216 g/mol. The van der Waals surface area contributed by atoms with E-state index in [0.717, 1.165) is 25.9 Å². The minimum Gasteiger partial charge on any atom is -0.393 e. The number of carbonyl (C=O) groups excluding carboxylic acids is 1. The second-order valence-corrected chi connectivity index (χ2v) is 5.75. The van der Waals surface area contributed by atoms with Gasteiger partial charge in [-0.3, -0.25) is 9.69 Å². The smallest absolute Gasteiger partial charge is 0.237 e. The van der Waals surface area contributed by atoms with E-state index in [1.54, 1.807) is 0 Å². The van der Waals surface area contributed by atoms with Crippen molar-refractivity contribution < 1.29 is 9.90 Å². The van der Waals surface area contributed by atoms with Crippen LogP contribution in [0.15, 0.2) is 0 Å². The molecule has 1 amide bonds. The van der Waals surface area contributed by atoms with Crippen molar-refractivity contribution in [3.8, 4) is 0 Å². The van der Waals surface area contributed by atoms with Gasteiger partial charge in [0.05, 0.1) is 12.1 Å². The van der Waals surface area contributed by atoms with Crippen LogP contribution >= 0.6 is 0 Å². The second kappa shape index (κ2) is 6.36. The maximum atomic E-state index is 11.8. The maximum Gasteiger partial charge on any atom is 0.237 e. The summed E-state index contributed by atoms with van der Waals surface area (Å²) >= 11 is 0. The van der Waals surface area contributed by atoms with Crippen LogP contribution in [0.1, 0.15) is 33.6 Å². The molecule has 1 saturated carbocycles. The summed E-state index contributed by atoms with van der Waals surface area (Å²) in [5.74, 6) is 1.13. The molecule has 0 aromatic heterocycles. The molecule has 17 heavy (non-hydrogen) atoms. The quantitative estimate of drug-likeness (QED) is 0.726. The average Bonchev–Trinajstić information content (AvgIpc) is 2.22. The molecule has 0 spiro atoms. The van der Waals surface area contributed by atoms with Gasteiger partial charge in [-0.15, -0.1) is 0 Å². The van der Waals surface area contributed by atoms with Crippen molar-refractivity contribution >= 4 is 5.91 Å². The van der Waals surface area contributed by atoms with Gasteiger partial charge in [-0.2, -0.15) is 0 Å². The molecule has 1 aliphatic rings. The van der Waals surface area contributed by atoms with Crippen molar-refractivity contribution in [2.45, 2.75) is 45.8 Å². The van der Waals surface area contributed by atoms with Crippen molar-refractivity contribution in [1.29, 1.82) is 0 Å². The van der Waals surface area contributed by atoms with Crippen LogP contribution in [-0.2, 0) is 4.79 Å². The van der Waals surface area contributed by atoms with Crippen molar-refractivity contribution in [1.82, 2.24) is 10.2 Å². The molecule has 1 rings (SSSR count). The molecule has 1 fully saturated rings. The van der Waals surface area contributed by atoms with Gasteiger partial charge < -0.3 is 10.4 Å². The summed E-state index contributed by atoms with van der Waals surface area (Å²) in [5, 5.41) is 12.2. The Hall–Kier alpha value is -0.610. The number of nitrogens with one attached hydrogen (secondary N) is 1. The number of aliphatic hydroxyl groups excluding tert-OH is 1. The zero-order valence-corrected chi connectivity index (χ0v) is 11.4. The molecule has 2 N–H and O–H groups in total. The van der Waals surface area contributed by atoms with Crippen molar-refractivity contribution in [2.75, 3.05) is 20.1 Å². The zero-order chi connectivity index (χ0) is 13.0. The summed E-state index contributed by atoms with van der Waals surface area (Å²) in [4.78, 5) is 13.9. The SMILES string of the molecule is CC(C)CNC(=O)C(C)N(C)CC1CC(O)C1. The van der Waals surface area contributed by atoms with Gasteiger partial charge in [0.1, 0.15) is 0 Å². The van der Waals surface area contributed by atoms with Crippen LogP contribution in [0, 0.1) is 11.8 Å². The minimum absolute atomic E-state index is 0.0912. The number of hydrogen-bond acceptors (Lipinski definition) is 3. The fraction of sp³-hybridized carbons (Fsp3) is 0.923. The fourth-order valence-corrected chi connectivity index (χ4v) is 2.07. The molecule has 0 heterocycles. The summed E-state index contributed by atoms with van der Waals surface area (Å²) in [5.41, 5.74) is 0. The Morgan fingerprint density at radius 1 is 1.41 bits per heavy atom. The van der Waals surface area contributed by atoms with E-state index < -0.39 is 0 Å². The van der Waals surface area contributed by atoms with Gasteiger partial charge in [-0.1, -0.05) is 13.8 Å². The average molecular weight is 242 g/mol. The number of carbonyl (C=O) groups is 1. The first kappa shape index (κ1) is 14.5. The van der Waals surface area contributed by atoms with Crippen LogP contribution in [0.25, 0.3) is 0 Å². The summed E-state index contributed by atoms with van der Waals surface area (Å²) < 4.78 is 0. The number of rotatable bonds is 6. The van der Waals surface area contributed by atoms with Crippen LogP contribution < -0.4 is 5.32 Å². The van der Waals surface area contributed by atoms with E-state index >= 15 is 0 Å². The molecule has 100 valence electrons. The lowest BCUT2D eigenvalue weighted by Gasteiger charge is -2.36. The van der Waals surface area contributed by atoms with E-state index in [9.17, 15) is 9.90 Å². The lowest BCUT2D eigenvalue weighted by Crippen LogP contribution is -2.47. The summed E-state index contributed by atoms with van der Waals surface area (Å²) in [6.07, 6.45) is 1.65. The van der Waals surface area contributed by atoms with E-state index in [0.29, 0.717) is 11.8 Å². The van der Waals surface area contributed by atoms with Crippen LogP contribution in [0.2, 0.25) is 0 Å². The van der Waals surface area contributed by atoms with Crippen molar-refractivity contribution in [3.05, 3.63) is 0 Å². The van der Waals surface area contributed by atoms with Gasteiger partial charge in [0.2, 0.25) is 5.91 Å². The molecule has 0 radical (unpaired) electrons. The molecule has 0 saturated heterocycles. The lowest BCUT2D eigenvalue weighted by molar-refractivity contribution is -0.126. The van der Waals surface area contributed by atoms with E-state index in [1.807, 2.05) is 14.0 Å². The Morgan fingerprint density at radius 2 is 2.00 bits per heavy atom. The normalized spacial score (nSPS) is 25.8. The van der Waals surface area contributed by atoms with Crippen LogP contribution in [0.4, 0.5) is 0 Å². The van der Waals surface area contributed by atoms with E-state index in [2.05, 4.69) is 24.1 Å². The number of aliphatic hydroxyl groups is 1. The Labute approximate surface area is 104 Å². The Morgan fingerprint density at radius 3 is 2.47 bits per heavy atom. The molecule has 4 heteroatoms. The van der Waals surface area contributed by atoms with Gasteiger partial charge in [0, 0.05) is 13.1 Å². The first-order valence-electron chi connectivity index (χ1n) is 6.56. The van der Waals surface area contributed by atoms with Crippen molar-refractivity contribution in [3.63, 3.8) is 0 Å². The monoisotopic (exact) mass is 242 g/mol. The minimum atomic E-state index is -0.113. The maximum absolute atomic E-state index is 11.8. The number of hydrogen-bond donors (Lipinski definition) is 2. The van der Waals surface area contributed by atoms with E-state index in [4.69, 9.17) is 0 Å². The topological polar surface area (TPSA) is 52.6 Å². The number of amides is 1. The molecule has 0 aromatic carbocycles. The molecule has 4 nitrogen and oxygen atoms in total. The Kier molecular flexibility index (Phi) is 5.40. The predicted octanol–water partition coefficient (Wildman–Crippen LogP) is 0.850. The Balaban J connectivity index is 2.25. The first-order chi connectivity index (χ1) is 7.90. The summed E-state index contributed by atoms with van der Waals surface area (Å²) in [6, 6.07) is -0.0912. The Bertz CT molecular complexity index is 250. The van der Waals surface area contributed by atoms with Gasteiger partial charge in [-0.25, -0.2) is 0 Å². The summed E-state index contributed by atoms with van der Waals surface area (Å²) in [6.45, 7) is 7.74. The largest absolute Gasteiger partial charge is 0.393 e. The molecule has 1 aliphatic carbocycles. The zero-order valence-electron chi connectivity index (χ0n) is 11.4. The van der Waals surface area contributed by atoms with Gasteiger partial charge >= 0.3 is 0 Å². The molecule has 0 aromatic rings. The third kappa shape index (κ3) is 4.64. The summed E-state index contributed by atoms with van der Waals surface area (Å²) in [7, 11) is 1.98. The second-order valence-electron chi connectivity index (χ2n) is 5.75. The molecular formula is C13H26N2O2. The van der Waals surface area contributed by atoms with Crippen LogP contribution in [-0.4, -0.2) is 48.2 Å². The number of nitrogens with zero attached hydrogens (tertiary/aromatic N) is 1. The third-order valence-electron chi connectivity index (χ3n) is 3.48. The highest BCUT2D eigenvalue weighted by atomic mass is 16.3. The number of likely N-dealkylation sites (N-methyl/N-ethyl adjacent to an activating group) is 1.